The van der Waals surface area contributed by atoms with Crippen LogP contribution in [0.15, 0.2) is 23.3 Å². The average molecular weight is 342 g/mol. The van der Waals surface area contributed by atoms with Crippen molar-refractivity contribution in [3.63, 3.8) is 0 Å². The number of benzene rings is 1. The molecule has 25 heavy (non-hydrogen) atoms. The van der Waals surface area contributed by atoms with E-state index in [1.807, 2.05) is 25.1 Å². The lowest BCUT2D eigenvalue weighted by molar-refractivity contribution is -0.138. The highest BCUT2D eigenvalue weighted by atomic mass is 16.7. The van der Waals surface area contributed by atoms with Crippen LogP contribution < -0.4 is 9.47 Å². The number of hydrazone groups is 1. The first-order valence-corrected chi connectivity index (χ1v) is 9.35. The van der Waals surface area contributed by atoms with Crippen LogP contribution in [0.25, 0.3) is 0 Å². The van der Waals surface area contributed by atoms with Crippen LogP contribution >= 0.6 is 0 Å². The Morgan fingerprint density at radius 1 is 1.20 bits per heavy atom. The molecule has 2 heterocycles. The van der Waals surface area contributed by atoms with Gasteiger partial charge in [0.05, 0.1) is 11.1 Å². The normalized spacial score (nSPS) is 26.2. The minimum absolute atomic E-state index is 0.178. The lowest BCUT2D eigenvalue weighted by Gasteiger charge is -2.35. The zero-order chi connectivity index (χ0) is 17.4. The highest BCUT2D eigenvalue weighted by Crippen LogP contribution is 2.44. The van der Waals surface area contributed by atoms with Crippen LogP contribution in [0.4, 0.5) is 0 Å². The summed E-state index contributed by atoms with van der Waals surface area (Å²) < 4.78 is 10.8. The Morgan fingerprint density at radius 2 is 1.96 bits per heavy atom. The summed E-state index contributed by atoms with van der Waals surface area (Å²) in [4.78, 5) is 13.1. The van der Waals surface area contributed by atoms with Gasteiger partial charge in [0.25, 0.3) is 5.91 Å². The van der Waals surface area contributed by atoms with Gasteiger partial charge in [-0.15, -0.1) is 0 Å². The summed E-state index contributed by atoms with van der Waals surface area (Å²) in [6.45, 7) is 5.02. The molecule has 5 nitrogen and oxygen atoms in total. The highest BCUT2D eigenvalue weighted by molar-refractivity contribution is 6.11. The molecule has 0 saturated heterocycles. The molecule has 1 fully saturated rings. The number of hydrogen-bond acceptors (Lipinski definition) is 4. The number of carbonyl (C=O) groups excluding carboxylic acids is 1. The number of carbonyl (C=O) groups is 1. The molecular weight excluding hydrogens is 316 g/mol. The first kappa shape index (κ1) is 16.4. The lowest BCUT2D eigenvalue weighted by Crippen LogP contribution is -2.43. The van der Waals surface area contributed by atoms with Gasteiger partial charge in [-0.05, 0) is 56.7 Å². The average Bonchev–Trinajstić information content (AvgIpc) is 3.19. The van der Waals surface area contributed by atoms with Gasteiger partial charge >= 0.3 is 0 Å². The van der Waals surface area contributed by atoms with E-state index in [2.05, 4.69) is 12.0 Å². The number of ether oxygens (including phenoxy) is 2. The van der Waals surface area contributed by atoms with Crippen molar-refractivity contribution in [1.29, 1.82) is 0 Å². The largest absolute Gasteiger partial charge is 0.454 e. The smallest absolute Gasteiger partial charge is 0.254 e. The van der Waals surface area contributed by atoms with Crippen LogP contribution in [-0.2, 0) is 11.2 Å². The fraction of sp³-hybridized carbons (Fsp3) is 0.600. The molecule has 1 aromatic carbocycles. The molecule has 2 aliphatic heterocycles. The van der Waals surface area contributed by atoms with Crippen LogP contribution in [0.1, 0.15) is 51.5 Å². The van der Waals surface area contributed by atoms with E-state index in [-0.39, 0.29) is 12.7 Å². The van der Waals surface area contributed by atoms with Crippen molar-refractivity contribution in [3.05, 3.63) is 23.8 Å². The van der Waals surface area contributed by atoms with Gasteiger partial charge in [-0.2, -0.15) is 5.10 Å². The predicted molar refractivity (Wildman–Crippen MR) is 95.8 cm³/mol. The number of amides is 1. The standard InChI is InChI=1S/C20H26N2O3/c1-14-20(2,16-6-4-3-5-7-16)19(23)22(21-14)11-10-15-8-9-17-18(12-15)25-13-24-17/h8-9,12,16H,3-7,10-11,13H2,1-2H3. The third-order valence-corrected chi connectivity index (χ3v) is 6.17. The number of hydrogen-bond donors (Lipinski definition) is 0. The van der Waals surface area contributed by atoms with Crippen molar-refractivity contribution in [2.45, 2.75) is 52.4 Å². The zero-order valence-corrected chi connectivity index (χ0v) is 15.1. The molecule has 0 aromatic heterocycles. The lowest BCUT2D eigenvalue weighted by atomic mass is 9.67. The Hall–Kier alpha value is -2.04. The van der Waals surface area contributed by atoms with Crippen LogP contribution in [0.5, 0.6) is 11.5 Å². The van der Waals surface area contributed by atoms with E-state index in [0.717, 1.165) is 42.0 Å². The Kier molecular flexibility index (Phi) is 4.18. The molecule has 5 heteroatoms. The summed E-state index contributed by atoms with van der Waals surface area (Å²) in [5.41, 5.74) is 1.71. The van der Waals surface area contributed by atoms with Gasteiger partial charge in [-0.25, -0.2) is 5.01 Å². The Bertz CT molecular complexity index is 709. The van der Waals surface area contributed by atoms with Gasteiger partial charge in [-0.1, -0.05) is 25.3 Å². The second-order valence-electron chi connectivity index (χ2n) is 7.59. The fourth-order valence-electron chi connectivity index (χ4n) is 4.39. The molecule has 0 spiro atoms. The van der Waals surface area contributed by atoms with Crippen LogP contribution in [0, 0.1) is 11.3 Å². The second kappa shape index (κ2) is 6.36. The van der Waals surface area contributed by atoms with Crippen LogP contribution in [0.2, 0.25) is 0 Å². The third-order valence-electron chi connectivity index (χ3n) is 6.17. The van der Waals surface area contributed by atoms with Crippen molar-refractivity contribution < 1.29 is 14.3 Å². The minimum Gasteiger partial charge on any atom is -0.454 e. The summed E-state index contributed by atoms with van der Waals surface area (Å²) in [7, 11) is 0. The van der Waals surface area contributed by atoms with Gasteiger partial charge in [-0.3, -0.25) is 4.79 Å². The molecule has 1 aromatic rings. The molecule has 0 bridgehead atoms. The van der Waals surface area contributed by atoms with E-state index in [4.69, 9.17) is 9.47 Å². The Labute approximate surface area is 149 Å². The third kappa shape index (κ3) is 2.79. The number of fused-ring (bicyclic) bond motifs is 1. The molecule has 4 rings (SSSR count). The summed E-state index contributed by atoms with van der Waals surface area (Å²) in [6.07, 6.45) is 6.82. The Balaban J connectivity index is 1.44. The fourth-order valence-corrected chi connectivity index (χ4v) is 4.39. The van der Waals surface area contributed by atoms with Crippen molar-refractivity contribution in [1.82, 2.24) is 5.01 Å². The number of nitrogens with zero attached hydrogens (tertiary/aromatic N) is 2. The van der Waals surface area contributed by atoms with Crippen molar-refractivity contribution in [2.75, 3.05) is 13.3 Å². The van der Waals surface area contributed by atoms with E-state index in [1.165, 1.54) is 19.3 Å². The maximum atomic E-state index is 13.1. The molecular formula is C20H26N2O3. The summed E-state index contributed by atoms with van der Waals surface area (Å²) in [5.74, 6) is 2.20. The number of rotatable bonds is 4. The van der Waals surface area contributed by atoms with E-state index >= 15 is 0 Å². The Morgan fingerprint density at radius 3 is 2.76 bits per heavy atom. The van der Waals surface area contributed by atoms with Crippen molar-refractivity contribution in [3.8, 4) is 11.5 Å². The van der Waals surface area contributed by atoms with Gasteiger partial charge in [0, 0.05) is 6.54 Å². The van der Waals surface area contributed by atoms with Gasteiger partial charge < -0.3 is 9.47 Å². The first-order valence-electron chi connectivity index (χ1n) is 9.35. The predicted octanol–water partition coefficient (Wildman–Crippen LogP) is 3.76. The molecule has 0 N–H and O–H groups in total. The SMILES string of the molecule is CC1=NN(CCc2ccc3c(c2)OCO3)C(=O)C1(C)C1CCCCC1. The summed E-state index contributed by atoms with van der Waals surface area (Å²) in [5, 5.41) is 6.32. The monoisotopic (exact) mass is 342 g/mol. The molecule has 0 radical (unpaired) electrons. The summed E-state index contributed by atoms with van der Waals surface area (Å²) >= 11 is 0. The topological polar surface area (TPSA) is 51.1 Å². The second-order valence-corrected chi connectivity index (χ2v) is 7.59. The minimum atomic E-state index is -0.407. The van der Waals surface area contributed by atoms with Gasteiger partial charge in [0.2, 0.25) is 6.79 Å². The summed E-state index contributed by atoms with van der Waals surface area (Å²) in [6, 6.07) is 5.97. The molecule has 1 amide bonds. The maximum Gasteiger partial charge on any atom is 0.254 e. The van der Waals surface area contributed by atoms with Crippen molar-refractivity contribution >= 4 is 11.6 Å². The molecule has 134 valence electrons. The molecule has 3 aliphatic rings. The zero-order valence-electron chi connectivity index (χ0n) is 15.1. The van der Waals surface area contributed by atoms with E-state index in [1.54, 1.807) is 5.01 Å². The first-order chi connectivity index (χ1) is 12.1. The quantitative estimate of drug-likeness (QED) is 0.837. The highest BCUT2D eigenvalue weighted by Gasteiger charge is 2.50. The van der Waals surface area contributed by atoms with Crippen LogP contribution in [-0.4, -0.2) is 30.0 Å². The van der Waals surface area contributed by atoms with Gasteiger partial charge in [0.1, 0.15) is 0 Å². The van der Waals surface area contributed by atoms with E-state index < -0.39 is 5.41 Å². The molecule has 1 atom stereocenters. The van der Waals surface area contributed by atoms with E-state index in [0.29, 0.717) is 12.5 Å². The molecule has 1 saturated carbocycles. The van der Waals surface area contributed by atoms with Gasteiger partial charge in [0.15, 0.2) is 11.5 Å². The maximum absolute atomic E-state index is 13.1. The molecule has 1 unspecified atom stereocenters. The van der Waals surface area contributed by atoms with Crippen LogP contribution in [0.3, 0.4) is 0 Å². The molecule has 1 aliphatic carbocycles. The van der Waals surface area contributed by atoms with E-state index in [9.17, 15) is 4.79 Å². The van der Waals surface area contributed by atoms with Crippen molar-refractivity contribution in [2.24, 2.45) is 16.4 Å².